The summed E-state index contributed by atoms with van der Waals surface area (Å²) in [6.45, 7) is 7.43. The second-order valence-electron chi connectivity index (χ2n) is 5.29. The number of carbonyl (C=O) groups excluding carboxylic acids is 3. The van der Waals surface area contributed by atoms with Crippen molar-refractivity contribution in [1.82, 2.24) is 5.32 Å². The van der Waals surface area contributed by atoms with Gasteiger partial charge in [-0.1, -0.05) is 0 Å². The average Bonchev–Trinajstić information content (AvgIpc) is 2.09. The largest absolute Gasteiger partial charge is 0.454 e. The van der Waals surface area contributed by atoms with Crippen molar-refractivity contribution in [2.24, 2.45) is 5.73 Å². The Kier molecular flexibility index (Phi) is 5.13. The Balaban J connectivity index is 4.41. The van der Waals surface area contributed by atoms with Crippen molar-refractivity contribution in [1.29, 1.82) is 0 Å². The molecule has 0 aliphatic heterocycles. The van der Waals surface area contributed by atoms with Crippen LogP contribution in [0.3, 0.4) is 0 Å². The van der Waals surface area contributed by atoms with Gasteiger partial charge < -0.3 is 20.5 Å². The Morgan fingerprint density at radius 1 is 1.11 bits per heavy atom. The topological polar surface area (TPSA) is 108 Å². The van der Waals surface area contributed by atoms with Gasteiger partial charge >= 0.3 is 12.1 Å². The van der Waals surface area contributed by atoms with Gasteiger partial charge in [0.15, 0.2) is 6.61 Å². The Morgan fingerprint density at radius 3 is 2.00 bits per heavy atom. The molecule has 0 aliphatic rings. The van der Waals surface area contributed by atoms with Gasteiger partial charge in [-0.15, -0.1) is 0 Å². The summed E-state index contributed by atoms with van der Waals surface area (Å²) in [5, 5.41) is 2.35. The second-order valence-corrected chi connectivity index (χ2v) is 5.29. The van der Waals surface area contributed by atoms with Crippen LogP contribution in [0.4, 0.5) is 4.79 Å². The third-order valence-electron chi connectivity index (χ3n) is 1.67. The minimum atomic E-state index is -1.31. The zero-order valence-electron chi connectivity index (χ0n) is 11.3. The van der Waals surface area contributed by atoms with E-state index < -0.39 is 35.7 Å². The smallest absolute Gasteiger partial charge is 0.408 e. The molecule has 0 rings (SSSR count). The van der Waals surface area contributed by atoms with Crippen molar-refractivity contribution in [3.8, 4) is 0 Å². The van der Waals surface area contributed by atoms with Crippen molar-refractivity contribution in [3.05, 3.63) is 0 Å². The van der Waals surface area contributed by atoms with E-state index in [1.807, 2.05) is 0 Å². The quantitative estimate of drug-likeness (QED) is 0.708. The van der Waals surface area contributed by atoms with E-state index >= 15 is 0 Å². The van der Waals surface area contributed by atoms with E-state index in [1.165, 1.54) is 13.8 Å². The average molecular weight is 260 g/mol. The van der Waals surface area contributed by atoms with Crippen LogP contribution in [0, 0.1) is 0 Å². The third kappa shape index (κ3) is 6.72. The maximum atomic E-state index is 11.6. The van der Waals surface area contributed by atoms with E-state index in [1.54, 1.807) is 20.8 Å². The molecule has 0 aromatic carbocycles. The fourth-order valence-corrected chi connectivity index (χ4v) is 0.927. The maximum Gasteiger partial charge on any atom is 0.408 e. The molecule has 2 amide bonds. The van der Waals surface area contributed by atoms with E-state index in [4.69, 9.17) is 10.5 Å². The van der Waals surface area contributed by atoms with Gasteiger partial charge in [0.2, 0.25) is 0 Å². The number of hydrogen-bond acceptors (Lipinski definition) is 5. The highest BCUT2D eigenvalue weighted by molar-refractivity contribution is 5.87. The number of carbonyl (C=O) groups is 3. The summed E-state index contributed by atoms with van der Waals surface area (Å²) in [7, 11) is 0. The van der Waals surface area contributed by atoms with Crippen LogP contribution in [0.15, 0.2) is 0 Å². The lowest BCUT2D eigenvalue weighted by Gasteiger charge is -2.26. The maximum absolute atomic E-state index is 11.6. The summed E-state index contributed by atoms with van der Waals surface area (Å²) in [4.78, 5) is 33.5. The molecule has 7 nitrogen and oxygen atoms in total. The van der Waals surface area contributed by atoms with Crippen LogP contribution >= 0.6 is 0 Å². The predicted molar refractivity (Wildman–Crippen MR) is 63.6 cm³/mol. The van der Waals surface area contributed by atoms with Gasteiger partial charge in [-0.2, -0.15) is 0 Å². The van der Waals surface area contributed by atoms with Gasteiger partial charge in [0.05, 0.1) is 0 Å². The van der Waals surface area contributed by atoms with E-state index in [2.05, 4.69) is 10.1 Å². The van der Waals surface area contributed by atoms with Crippen LogP contribution in [0.1, 0.15) is 34.6 Å². The molecule has 0 heterocycles. The van der Waals surface area contributed by atoms with Gasteiger partial charge in [-0.05, 0) is 34.6 Å². The van der Waals surface area contributed by atoms with Gasteiger partial charge in [-0.25, -0.2) is 9.59 Å². The molecule has 18 heavy (non-hydrogen) atoms. The fraction of sp³-hybridized carbons (Fsp3) is 0.727. The normalized spacial score (nSPS) is 11.6. The zero-order valence-corrected chi connectivity index (χ0v) is 11.3. The summed E-state index contributed by atoms with van der Waals surface area (Å²) in [5.74, 6) is -1.54. The second kappa shape index (κ2) is 5.70. The van der Waals surface area contributed by atoms with Crippen molar-refractivity contribution in [2.75, 3.05) is 6.61 Å². The summed E-state index contributed by atoms with van der Waals surface area (Å²) in [5.41, 5.74) is 2.86. The zero-order chi connectivity index (χ0) is 14.6. The van der Waals surface area contributed by atoms with Gasteiger partial charge in [-0.3, -0.25) is 4.79 Å². The highest BCUT2D eigenvalue weighted by Crippen LogP contribution is 2.10. The molecule has 0 spiro atoms. The summed E-state index contributed by atoms with van der Waals surface area (Å²) in [6, 6.07) is 0. The molecule has 0 aromatic rings. The Bertz CT molecular complexity index is 344. The standard InChI is InChI=1S/C11H20N2O5/c1-10(2,3)18-9(16)13-11(4,5)8(15)17-6-7(12)14/h6H2,1-5H3,(H2,12,14)(H,13,16). The number of amides is 2. The first-order valence-corrected chi connectivity index (χ1v) is 5.41. The molecule has 0 bridgehead atoms. The first kappa shape index (κ1) is 16.2. The van der Waals surface area contributed by atoms with E-state index in [0.29, 0.717) is 0 Å². The fourth-order valence-electron chi connectivity index (χ4n) is 0.927. The van der Waals surface area contributed by atoms with Crippen LogP contribution in [0.5, 0.6) is 0 Å². The van der Waals surface area contributed by atoms with Gasteiger partial charge in [0.1, 0.15) is 11.1 Å². The molecule has 0 aromatic heterocycles. The predicted octanol–water partition coefficient (Wildman–Crippen LogP) is 0.318. The summed E-state index contributed by atoms with van der Waals surface area (Å²) in [6.07, 6.45) is -0.747. The lowest BCUT2D eigenvalue weighted by atomic mass is 10.1. The van der Waals surface area contributed by atoms with Crippen LogP contribution in [-0.2, 0) is 19.1 Å². The molecule has 0 saturated carbocycles. The van der Waals surface area contributed by atoms with E-state index in [9.17, 15) is 14.4 Å². The molecule has 7 heteroatoms. The number of primary amides is 1. The minimum absolute atomic E-state index is 0.530. The summed E-state index contributed by atoms with van der Waals surface area (Å²) < 4.78 is 9.62. The lowest BCUT2D eigenvalue weighted by Crippen LogP contribution is -2.52. The molecular formula is C11H20N2O5. The monoisotopic (exact) mass is 260 g/mol. The Morgan fingerprint density at radius 2 is 1.61 bits per heavy atom. The van der Waals surface area contributed by atoms with Crippen LogP contribution in [0.25, 0.3) is 0 Å². The molecule has 0 saturated heterocycles. The van der Waals surface area contributed by atoms with Gasteiger partial charge in [0.25, 0.3) is 5.91 Å². The van der Waals surface area contributed by atoms with Crippen LogP contribution in [-0.4, -0.2) is 35.7 Å². The van der Waals surface area contributed by atoms with Crippen molar-refractivity contribution in [3.63, 3.8) is 0 Å². The van der Waals surface area contributed by atoms with Crippen molar-refractivity contribution in [2.45, 2.75) is 45.8 Å². The Labute approximate surface area is 106 Å². The van der Waals surface area contributed by atoms with Gasteiger partial charge in [0, 0.05) is 0 Å². The van der Waals surface area contributed by atoms with Crippen LogP contribution in [0.2, 0.25) is 0 Å². The Hall–Kier alpha value is -1.79. The molecule has 3 N–H and O–H groups in total. The van der Waals surface area contributed by atoms with E-state index in [0.717, 1.165) is 0 Å². The highest BCUT2D eigenvalue weighted by Gasteiger charge is 2.33. The molecule has 104 valence electrons. The number of alkyl carbamates (subject to hydrolysis) is 1. The molecule has 0 fully saturated rings. The van der Waals surface area contributed by atoms with Crippen molar-refractivity contribution >= 4 is 18.0 Å². The molecular weight excluding hydrogens is 240 g/mol. The number of nitrogens with one attached hydrogen (secondary N) is 1. The number of ether oxygens (including phenoxy) is 2. The molecule has 0 atom stereocenters. The SMILES string of the molecule is CC(C)(C)OC(=O)NC(C)(C)C(=O)OCC(N)=O. The number of hydrogen-bond donors (Lipinski definition) is 2. The van der Waals surface area contributed by atoms with Crippen LogP contribution < -0.4 is 11.1 Å². The third-order valence-corrected chi connectivity index (χ3v) is 1.67. The summed E-state index contributed by atoms with van der Waals surface area (Å²) >= 11 is 0. The molecule has 0 unspecified atom stereocenters. The minimum Gasteiger partial charge on any atom is -0.454 e. The number of rotatable bonds is 4. The number of nitrogens with two attached hydrogens (primary N) is 1. The molecule has 0 radical (unpaired) electrons. The number of esters is 1. The first-order valence-electron chi connectivity index (χ1n) is 5.41. The van der Waals surface area contributed by atoms with E-state index in [-0.39, 0.29) is 0 Å². The first-order chi connectivity index (χ1) is 7.94. The molecule has 0 aliphatic carbocycles. The van der Waals surface area contributed by atoms with Crippen molar-refractivity contribution < 1.29 is 23.9 Å². The lowest BCUT2D eigenvalue weighted by molar-refractivity contribution is -0.153. The highest BCUT2D eigenvalue weighted by atomic mass is 16.6.